The van der Waals surface area contributed by atoms with E-state index in [0.717, 1.165) is 48.9 Å². The largest absolute Gasteiger partial charge is 0.383 e. The molecule has 0 spiro atoms. The third-order valence-electron chi connectivity index (χ3n) is 5.10. The lowest BCUT2D eigenvalue weighted by molar-refractivity contribution is 0.365. The van der Waals surface area contributed by atoms with E-state index in [-0.39, 0.29) is 18.3 Å². The van der Waals surface area contributed by atoms with Gasteiger partial charge in [0.1, 0.15) is 18.1 Å². The molecule has 0 aromatic carbocycles. The van der Waals surface area contributed by atoms with E-state index in [0.29, 0.717) is 18.1 Å². The highest BCUT2D eigenvalue weighted by atomic mass is 32.1. The van der Waals surface area contributed by atoms with Gasteiger partial charge in [0.15, 0.2) is 0 Å². The number of nitrogens with two attached hydrogens (primary N) is 1. The van der Waals surface area contributed by atoms with Crippen molar-refractivity contribution in [2.45, 2.75) is 45.7 Å². The molecule has 0 radical (unpaired) electrons. The quantitative estimate of drug-likeness (QED) is 0.655. The third-order valence-corrected chi connectivity index (χ3v) is 5.79. The highest BCUT2D eigenvalue weighted by molar-refractivity contribution is 7.08. The lowest BCUT2D eigenvalue weighted by atomic mass is 10.1. The summed E-state index contributed by atoms with van der Waals surface area (Å²) in [5, 5.41) is 7.79. The van der Waals surface area contributed by atoms with Crippen molar-refractivity contribution in [3.63, 3.8) is 0 Å². The van der Waals surface area contributed by atoms with Gasteiger partial charge in [-0.25, -0.2) is 9.36 Å². The first kappa shape index (κ1) is 19.4. The van der Waals surface area contributed by atoms with Crippen LogP contribution in [0.2, 0.25) is 0 Å². The van der Waals surface area contributed by atoms with Crippen molar-refractivity contribution in [1.82, 2.24) is 19.3 Å². The van der Waals surface area contributed by atoms with Gasteiger partial charge in [0.25, 0.3) is 5.56 Å². The van der Waals surface area contributed by atoms with Gasteiger partial charge < -0.3 is 15.2 Å². The standard InChI is InChI=1S/C19H24N6O3S/c1-2-7-24-16(20)15(23-8-4-3-5-9-23)18(26)25(19(24)27)11-14-21-17(22-28-14)13-6-10-29-12-13/h6,10,12H,2-5,7-9,11,20H2,1H3. The number of nitrogen functional groups attached to an aromatic ring is 1. The number of aromatic nitrogens is 4. The number of hydrogen-bond acceptors (Lipinski definition) is 8. The minimum absolute atomic E-state index is 0.0837. The Balaban J connectivity index is 1.77. The second-order valence-corrected chi connectivity index (χ2v) is 7.91. The van der Waals surface area contributed by atoms with E-state index in [1.54, 1.807) is 0 Å². The van der Waals surface area contributed by atoms with Gasteiger partial charge in [0.2, 0.25) is 11.7 Å². The van der Waals surface area contributed by atoms with Crippen LogP contribution in [0.4, 0.5) is 11.5 Å². The molecule has 10 heteroatoms. The Kier molecular flexibility index (Phi) is 5.52. The maximum absolute atomic E-state index is 13.2. The lowest BCUT2D eigenvalue weighted by Crippen LogP contribution is -2.46. The number of thiophene rings is 1. The third kappa shape index (κ3) is 3.71. The first-order valence-corrected chi connectivity index (χ1v) is 10.8. The van der Waals surface area contributed by atoms with Crippen LogP contribution in [0.5, 0.6) is 0 Å². The summed E-state index contributed by atoms with van der Waals surface area (Å²) in [6.07, 6.45) is 3.86. The van der Waals surface area contributed by atoms with E-state index in [2.05, 4.69) is 10.1 Å². The van der Waals surface area contributed by atoms with Crippen molar-refractivity contribution >= 4 is 22.8 Å². The van der Waals surface area contributed by atoms with Crippen LogP contribution in [0.25, 0.3) is 11.4 Å². The molecule has 1 fully saturated rings. The fourth-order valence-corrected chi connectivity index (χ4v) is 4.29. The molecular weight excluding hydrogens is 392 g/mol. The van der Waals surface area contributed by atoms with Crippen molar-refractivity contribution in [3.8, 4) is 11.4 Å². The van der Waals surface area contributed by atoms with Crippen molar-refractivity contribution in [3.05, 3.63) is 43.6 Å². The second kappa shape index (κ2) is 8.24. The summed E-state index contributed by atoms with van der Waals surface area (Å²) in [4.78, 5) is 32.6. The van der Waals surface area contributed by atoms with Crippen molar-refractivity contribution < 1.29 is 4.52 Å². The molecule has 0 aliphatic carbocycles. The smallest absolute Gasteiger partial charge is 0.333 e. The summed E-state index contributed by atoms with van der Waals surface area (Å²) < 4.78 is 7.94. The molecule has 154 valence electrons. The van der Waals surface area contributed by atoms with E-state index in [9.17, 15) is 9.59 Å². The summed E-state index contributed by atoms with van der Waals surface area (Å²) >= 11 is 1.53. The van der Waals surface area contributed by atoms with Gasteiger partial charge in [-0.05, 0) is 37.1 Å². The summed E-state index contributed by atoms with van der Waals surface area (Å²) in [7, 11) is 0. The molecule has 0 amide bonds. The van der Waals surface area contributed by atoms with Gasteiger partial charge in [-0.2, -0.15) is 16.3 Å². The molecule has 0 bridgehead atoms. The zero-order valence-corrected chi connectivity index (χ0v) is 17.2. The molecule has 0 atom stereocenters. The Morgan fingerprint density at radius 3 is 2.69 bits per heavy atom. The van der Waals surface area contributed by atoms with E-state index in [1.807, 2.05) is 28.7 Å². The number of rotatable bonds is 6. The molecule has 1 aliphatic rings. The SMILES string of the molecule is CCCn1c(N)c(N2CCCCC2)c(=O)n(Cc2nc(-c3ccsc3)no2)c1=O. The van der Waals surface area contributed by atoms with E-state index < -0.39 is 11.2 Å². The molecule has 1 saturated heterocycles. The van der Waals surface area contributed by atoms with Gasteiger partial charge in [-0.15, -0.1) is 0 Å². The van der Waals surface area contributed by atoms with E-state index in [1.165, 1.54) is 15.9 Å². The average Bonchev–Trinajstić information content (AvgIpc) is 3.41. The Bertz CT molecular complexity index is 1090. The molecule has 0 saturated carbocycles. The summed E-state index contributed by atoms with van der Waals surface area (Å²) in [6, 6.07) is 1.89. The van der Waals surface area contributed by atoms with Crippen LogP contribution in [-0.4, -0.2) is 32.4 Å². The van der Waals surface area contributed by atoms with Crippen molar-refractivity contribution in [1.29, 1.82) is 0 Å². The Hall–Kier alpha value is -2.88. The Morgan fingerprint density at radius 1 is 1.21 bits per heavy atom. The zero-order valence-electron chi connectivity index (χ0n) is 16.3. The van der Waals surface area contributed by atoms with Crippen LogP contribution in [0, 0.1) is 0 Å². The zero-order chi connectivity index (χ0) is 20.4. The predicted molar refractivity (Wildman–Crippen MR) is 112 cm³/mol. The fraction of sp³-hybridized carbons (Fsp3) is 0.474. The van der Waals surface area contributed by atoms with Crippen LogP contribution in [0.3, 0.4) is 0 Å². The van der Waals surface area contributed by atoms with Gasteiger partial charge >= 0.3 is 5.69 Å². The number of hydrogen-bond donors (Lipinski definition) is 1. The summed E-state index contributed by atoms with van der Waals surface area (Å²) in [5.41, 5.74) is 6.67. The van der Waals surface area contributed by atoms with Gasteiger partial charge in [0, 0.05) is 30.6 Å². The van der Waals surface area contributed by atoms with Crippen LogP contribution >= 0.6 is 11.3 Å². The molecule has 9 nitrogen and oxygen atoms in total. The molecule has 29 heavy (non-hydrogen) atoms. The van der Waals surface area contributed by atoms with Gasteiger partial charge in [-0.1, -0.05) is 12.1 Å². The number of anilines is 2. The minimum atomic E-state index is -0.453. The Labute approximate surface area is 171 Å². The number of piperidine rings is 1. The van der Waals surface area contributed by atoms with Crippen molar-refractivity contribution in [2.24, 2.45) is 0 Å². The first-order valence-electron chi connectivity index (χ1n) is 9.83. The van der Waals surface area contributed by atoms with Crippen LogP contribution < -0.4 is 21.9 Å². The normalized spacial score (nSPS) is 14.4. The van der Waals surface area contributed by atoms with Crippen LogP contribution in [-0.2, 0) is 13.1 Å². The minimum Gasteiger partial charge on any atom is -0.383 e. The summed E-state index contributed by atoms with van der Waals surface area (Å²) in [5.74, 6) is 0.891. The van der Waals surface area contributed by atoms with Crippen molar-refractivity contribution in [2.75, 3.05) is 23.7 Å². The maximum atomic E-state index is 13.2. The van der Waals surface area contributed by atoms with E-state index in [4.69, 9.17) is 10.3 Å². The topological polar surface area (TPSA) is 112 Å². The molecule has 3 aromatic rings. The molecule has 3 aromatic heterocycles. The maximum Gasteiger partial charge on any atom is 0.333 e. The predicted octanol–water partition coefficient (Wildman–Crippen LogP) is 2.15. The van der Waals surface area contributed by atoms with Crippen LogP contribution in [0.1, 0.15) is 38.5 Å². The second-order valence-electron chi connectivity index (χ2n) is 7.13. The molecule has 2 N–H and O–H groups in total. The highest BCUT2D eigenvalue weighted by Gasteiger charge is 2.24. The van der Waals surface area contributed by atoms with Gasteiger partial charge in [0.05, 0.1) is 0 Å². The average molecular weight is 417 g/mol. The molecule has 4 heterocycles. The molecule has 4 rings (SSSR count). The molecule has 1 aliphatic heterocycles. The highest BCUT2D eigenvalue weighted by Crippen LogP contribution is 2.22. The van der Waals surface area contributed by atoms with E-state index >= 15 is 0 Å². The first-order chi connectivity index (χ1) is 14.1. The molecule has 0 unspecified atom stereocenters. The lowest BCUT2D eigenvalue weighted by Gasteiger charge is -2.30. The van der Waals surface area contributed by atoms with Crippen LogP contribution in [0.15, 0.2) is 30.9 Å². The molecular formula is C19H24N6O3S. The number of nitrogens with zero attached hydrogens (tertiary/aromatic N) is 5. The van der Waals surface area contributed by atoms with Gasteiger partial charge in [-0.3, -0.25) is 9.36 Å². The fourth-order valence-electron chi connectivity index (χ4n) is 3.66. The Morgan fingerprint density at radius 2 is 2.00 bits per heavy atom. The monoisotopic (exact) mass is 416 g/mol. The summed E-state index contributed by atoms with van der Waals surface area (Å²) in [6.45, 7) is 3.84.